The lowest BCUT2D eigenvalue weighted by atomic mass is 10.0. The fourth-order valence-electron chi connectivity index (χ4n) is 3.27. The standard InChI is InChI=1S/C20H20N4O4S/c1-27-12-18(25)24-7-8-28-17(11-24)16-10-14(13-4-2-3-5-15(13)22-16)19(26)23-20-21-6-9-29-20/h2-6,9-10,17H,7-8,11-12H2,1H3,(H,21,23,26). The number of carbonyl (C=O) groups is 2. The van der Waals surface area contributed by atoms with E-state index in [4.69, 9.17) is 14.5 Å². The van der Waals surface area contributed by atoms with Gasteiger partial charge in [-0.15, -0.1) is 11.3 Å². The minimum Gasteiger partial charge on any atom is -0.375 e. The molecule has 9 heteroatoms. The highest BCUT2D eigenvalue weighted by atomic mass is 32.1. The zero-order valence-corrected chi connectivity index (χ0v) is 16.6. The number of anilines is 1. The average Bonchev–Trinajstić information content (AvgIpc) is 3.26. The molecule has 0 aliphatic carbocycles. The van der Waals surface area contributed by atoms with Gasteiger partial charge >= 0.3 is 0 Å². The van der Waals surface area contributed by atoms with Crippen molar-refractivity contribution in [3.05, 3.63) is 53.2 Å². The lowest BCUT2D eigenvalue weighted by molar-refractivity contribution is -0.143. The monoisotopic (exact) mass is 412 g/mol. The van der Waals surface area contributed by atoms with Crippen molar-refractivity contribution in [1.29, 1.82) is 0 Å². The van der Waals surface area contributed by atoms with E-state index in [1.54, 1.807) is 22.5 Å². The lowest BCUT2D eigenvalue weighted by Gasteiger charge is -2.32. The molecule has 1 saturated heterocycles. The van der Waals surface area contributed by atoms with Crippen LogP contribution in [0.2, 0.25) is 0 Å². The number of thiazole rings is 1. The summed E-state index contributed by atoms with van der Waals surface area (Å²) in [5, 5.41) is 5.90. The van der Waals surface area contributed by atoms with Crippen LogP contribution in [-0.4, -0.2) is 60.1 Å². The number of nitrogens with zero attached hydrogens (tertiary/aromatic N) is 3. The van der Waals surface area contributed by atoms with E-state index in [0.29, 0.717) is 41.6 Å². The number of ether oxygens (including phenoxy) is 2. The number of carbonyl (C=O) groups excluding carboxylic acids is 2. The molecule has 1 atom stereocenters. The van der Waals surface area contributed by atoms with Crippen LogP contribution in [0.1, 0.15) is 22.2 Å². The Hall–Kier alpha value is -2.88. The highest BCUT2D eigenvalue weighted by Crippen LogP contribution is 2.27. The normalized spacial score (nSPS) is 16.7. The molecule has 1 fully saturated rings. The largest absolute Gasteiger partial charge is 0.375 e. The van der Waals surface area contributed by atoms with Crippen molar-refractivity contribution < 1.29 is 19.1 Å². The first-order valence-electron chi connectivity index (χ1n) is 9.14. The van der Waals surface area contributed by atoms with Crippen molar-refractivity contribution in [1.82, 2.24) is 14.9 Å². The molecule has 0 radical (unpaired) electrons. The Morgan fingerprint density at radius 2 is 2.24 bits per heavy atom. The number of benzene rings is 1. The highest BCUT2D eigenvalue weighted by Gasteiger charge is 2.27. The molecule has 2 aromatic heterocycles. The second-order valence-electron chi connectivity index (χ2n) is 6.54. The van der Waals surface area contributed by atoms with Gasteiger partial charge in [-0.25, -0.2) is 9.97 Å². The van der Waals surface area contributed by atoms with Gasteiger partial charge in [-0.1, -0.05) is 18.2 Å². The third kappa shape index (κ3) is 4.26. The van der Waals surface area contributed by atoms with Gasteiger partial charge in [0.05, 0.1) is 29.9 Å². The number of aromatic nitrogens is 2. The molecule has 0 bridgehead atoms. The second-order valence-corrected chi connectivity index (χ2v) is 7.43. The van der Waals surface area contributed by atoms with Crippen molar-refractivity contribution >= 4 is 39.2 Å². The fraction of sp³-hybridized carbons (Fsp3) is 0.300. The molecule has 1 aliphatic rings. The van der Waals surface area contributed by atoms with Crippen LogP contribution in [0.3, 0.4) is 0 Å². The van der Waals surface area contributed by atoms with Gasteiger partial charge in [0, 0.05) is 30.6 Å². The summed E-state index contributed by atoms with van der Waals surface area (Å²) < 4.78 is 10.8. The van der Waals surface area contributed by atoms with Crippen LogP contribution in [0.25, 0.3) is 10.9 Å². The third-order valence-corrected chi connectivity index (χ3v) is 5.34. The highest BCUT2D eigenvalue weighted by molar-refractivity contribution is 7.13. The maximum absolute atomic E-state index is 12.9. The second kappa shape index (κ2) is 8.64. The Labute approximate surface area is 171 Å². The number of nitrogens with one attached hydrogen (secondary N) is 1. The summed E-state index contributed by atoms with van der Waals surface area (Å²) in [6, 6.07) is 9.19. The quantitative estimate of drug-likeness (QED) is 0.692. The number of fused-ring (bicyclic) bond motifs is 1. The fourth-order valence-corrected chi connectivity index (χ4v) is 3.79. The van der Waals surface area contributed by atoms with E-state index < -0.39 is 6.10 Å². The van der Waals surface area contributed by atoms with Crippen molar-refractivity contribution in [3.8, 4) is 0 Å². The summed E-state index contributed by atoms with van der Waals surface area (Å²) >= 11 is 1.35. The van der Waals surface area contributed by atoms with Crippen molar-refractivity contribution in [2.24, 2.45) is 0 Å². The van der Waals surface area contributed by atoms with Crippen LogP contribution >= 0.6 is 11.3 Å². The predicted molar refractivity (Wildman–Crippen MR) is 109 cm³/mol. The molecule has 4 rings (SSSR count). The Balaban J connectivity index is 1.66. The molecular weight excluding hydrogens is 392 g/mol. The maximum atomic E-state index is 12.9. The summed E-state index contributed by atoms with van der Waals surface area (Å²) in [6.07, 6.45) is 1.22. The lowest BCUT2D eigenvalue weighted by Crippen LogP contribution is -2.44. The minimum absolute atomic E-state index is 0.0271. The first-order valence-corrected chi connectivity index (χ1v) is 10.0. The number of hydrogen-bond acceptors (Lipinski definition) is 7. The van der Waals surface area contributed by atoms with Crippen LogP contribution in [0.5, 0.6) is 0 Å². The van der Waals surface area contributed by atoms with Gasteiger partial charge in [-0.2, -0.15) is 0 Å². The molecule has 8 nitrogen and oxygen atoms in total. The first kappa shape index (κ1) is 19.4. The molecule has 29 heavy (non-hydrogen) atoms. The average molecular weight is 412 g/mol. The number of amides is 2. The molecule has 0 saturated carbocycles. The van der Waals surface area contributed by atoms with E-state index in [1.807, 2.05) is 24.3 Å². The summed E-state index contributed by atoms with van der Waals surface area (Å²) in [6.45, 7) is 1.29. The van der Waals surface area contributed by atoms with Crippen molar-refractivity contribution in [2.45, 2.75) is 6.10 Å². The maximum Gasteiger partial charge on any atom is 0.258 e. The Kier molecular flexibility index (Phi) is 5.79. The first-order chi connectivity index (χ1) is 14.2. The number of morpholine rings is 1. The van der Waals surface area contributed by atoms with Crippen LogP contribution in [0, 0.1) is 0 Å². The topological polar surface area (TPSA) is 93.6 Å². The van der Waals surface area contributed by atoms with E-state index >= 15 is 0 Å². The van der Waals surface area contributed by atoms with Gasteiger partial charge in [0.15, 0.2) is 5.13 Å². The van der Waals surface area contributed by atoms with E-state index in [-0.39, 0.29) is 18.4 Å². The van der Waals surface area contributed by atoms with Crippen LogP contribution in [0.4, 0.5) is 5.13 Å². The molecule has 2 amide bonds. The number of hydrogen-bond donors (Lipinski definition) is 1. The Morgan fingerprint density at radius 3 is 3.03 bits per heavy atom. The van der Waals surface area contributed by atoms with Crippen LogP contribution < -0.4 is 5.32 Å². The minimum atomic E-state index is -0.416. The van der Waals surface area contributed by atoms with E-state index in [1.165, 1.54) is 18.4 Å². The summed E-state index contributed by atoms with van der Waals surface area (Å²) in [7, 11) is 1.49. The van der Waals surface area contributed by atoms with E-state index in [0.717, 1.165) is 5.39 Å². The zero-order valence-electron chi connectivity index (χ0n) is 15.8. The smallest absolute Gasteiger partial charge is 0.258 e. The van der Waals surface area contributed by atoms with Gasteiger partial charge in [0.1, 0.15) is 12.7 Å². The van der Waals surface area contributed by atoms with E-state index in [2.05, 4.69) is 10.3 Å². The Bertz CT molecular complexity index is 1020. The SMILES string of the molecule is COCC(=O)N1CCOC(c2cc(C(=O)Nc3nccs3)c3ccccc3n2)C1. The number of pyridine rings is 1. The molecule has 3 aromatic rings. The van der Waals surface area contributed by atoms with E-state index in [9.17, 15) is 9.59 Å². The predicted octanol–water partition coefficient (Wildman–Crippen LogP) is 2.49. The molecular formula is C20H20N4O4S. The summed E-state index contributed by atoms with van der Waals surface area (Å²) in [5.74, 6) is -0.355. The van der Waals surface area contributed by atoms with Crippen LogP contribution in [-0.2, 0) is 14.3 Å². The number of methoxy groups -OCH3 is 1. The molecule has 1 N–H and O–H groups in total. The molecule has 1 aromatic carbocycles. The summed E-state index contributed by atoms with van der Waals surface area (Å²) in [5.41, 5.74) is 1.80. The van der Waals surface area contributed by atoms with Gasteiger partial charge in [0.25, 0.3) is 5.91 Å². The molecule has 3 heterocycles. The van der Waals surface area contributed by atoms with Gasteiger partial charge in [-0.3, -0.25) is 14.9 Å². The molecule has 150 valence electrons. The van der Waals surface area contributed by atoms with Crippen LogP contribution in [0.15, 0.2) is 41.9 Å². The van der Waals surface area contributed by atoms with Gasteiger partial charge in [-0.05, 0) is 12.1 Å². The summed E-state index contributed by atoms with van der Waals surface area (Å²) in [4.78, 5) is 35.6. The van der Waals surface area contributed by atoms with Crippen molar-refractivity contribution in [3.63, 3.8) is 0 Å². The number of para-hydroxylation sites is 1. The third-order valence-electron chi connectivity index (χ3n) is 4.65. The van der Waals surface area contributed by atoms with Gasteiger partial charge in [0.2, 0.25) is 5.91 Å². The van der Waals surface area contributed by atoms with Gasteiger partial charge < -0.3 is 14.4 Å². The molecule has 1 aliphatic heterocycles. The molecule has 1 unspecified atom stereocenters. The Morgan fingerprint density at radius 1 is 1.38 bits per heavy atom. The molecule has 0 spiro atoms. The van der Waals surface area contributed by atoms with Crippen molar-refractivity contribution in [2.75, 3.05) is 38.7 Å². The number of rotatable bonds is 5. The zero-order chi connectivity index (χ0) is 20.2.